The molecule has 0 unspecified atom stereocenters. The first-order chi connectivity index (χ1) is 10.4. The average Bonchev–Trinajstić information content (AvgIpc) is 2.53. The molecule has 1 aliphatic rings. The molecule has 0 aliphatic heterocycles. The molecule has 3 heteroatoms. The molecule has 0 saturated heterocycles. The van der Waals surface area contributed by atoms with Crippen LogP contribution in [0.4, 0.5) is 4.39 Å². The molecule has 0 N–H and O–H groups in total. The molecule has 0 amide bonds. The Morgan fingerprint density at radius 2 is 1.64 bits per heavy atom. The van der Waals surface area contributed by atoms with Gasteiger partial charge in [-0.2, -0.15) is 0 Å². The Morgan fingerprint density at radius 1 is 1.05 bits per heavy atom. The Balaban J connectivity index is 1.91. The van der Waals surface area contributed by atoms with Crippen LogP contribution in [0.2, 0.25) is 0 Å². The van der Waals surface area contributed by atoms with E-state index in [0.29, 0.717) is 11.5 Å². The first kappa shape index (κ1) is 16.9. The maximum Gasteiger partial charge on any atom is 0.163 e. The van der Waals surface area contributed by atoms with Crippen molar-refractivity contribution < 1.29 is 14.0 Å². The highest BCUT2D eigenvalue weighted by molar-refractivity contribution is 5.98. The molecular weight excluding hydrogens is 279 g/mol. The average molecular weight is 304 g/mol. The molecule has 0 atom stereocenters. The molecule has 0 aromatic heterocycles. The zero-order chi connectivity index (χ0) is 16.2. The normalized spacial score (nSPS) is 16.5. The summed E-state index contributed by atoms with van der Waals surface area (Å²) in [7, 11) is 0. The molecule has 2 rings (SSSR count). The van der Waals surface area contributed by atoms with Crippen LogP contribution in [-0.2, 0) is 4.79 Å². The zero-order valence-electron chi connectivity index (χ0n) is 13.5. The number of hydrogen-bond donors (Lipinski definition) is 0. The van der Waals surface area contributed by atoms with Gasteiger partial charge in [0.1, 0.15) is 11.6 Å². The number of carbonyl (C=O) groups excluding carboxylic acids is 2. The van der Waals surface area contributed by atoms with Gasteiger partial charge in [0, 0.05) is 23.8 Å². The van der Waals surface area contributed by atoms with Crippen molar-refractivity contribution in [2.75, 3.05) is 0 Å². The van der Waals surface area contributed by atoms with Gasteiger partial charge < -0.3 is 0 Å². The standard InChI is InChI=1S/C19H25FO2/c1-19(2,15-6-4-3-5-7-15)18(22)13-12-17(21)14-8-10-16(20)11-9-14/h8-11,15H,3-7,12-13H2,1-2H3. The molecule has 1 fully saturated rings. The lowest BCUT2D eigenvalue weighted by atomic mass is 9.68. The Morgan fingerprint density at radius 3 is 2.23 bits per heavy atom. The van der Waals surface area contributed by atoms with Gasteiger partial charge >= 0.3 is 0 Å². The predicted octanol–water partition coefficient (Wildman–Crippen LogP) is 4.96. The van der Waals surface area contributed by atoms with Crippen LogP contribution in [-0.4, -0.2) is 11.6 Å². The summed E-state index contributed by atoms with van der Waals surface area (Å²) in [6.07, 6.45) is 6.39. The molecule has 1 aromatic rings. The second-order valence-electron chi connectivity index (χ2n) is 6.91. The molecule has 0 radical (unpaired) electrons. The third kappa shape index (κ3) is 4.02. The number of Topliss-reactive ketones (excluding diaryl/α,β-unsaturated/α-hetero) is 2. The van der Waals surface area contributed by atoms with Crippen LogP contribution in [0.25, 0.3) is 0 Å². The van der Waals surface area contributed by atoms with E-state index in [0.717, 1.165) is 12.8 Å². The van der Waals surface area contributed by atoms with Crippen LogP contribution in [0.15, 0.2) is 24.3 Å². The van der Waals surface area contributed by atoms with Gasteiger partial charge in [0.05, 0.1) is 0 Å². The van der Waals surface area contributed by atoms with Crippen LogP contribution in [0.1, 0.15) is 69.2 Å². The summed E-state index contributed by atoms with van der Waals surface area (Å²) in [5, 5.41) is 0. The smallest absolute Gasteiger partial charge is 0.163 e. The van der Waals surface area contributed by atoms with E-state index in [1.165, 1.54) is 43.5 Å². The minimum Gasteiger partial charge on any atom is -0.299 e. The Hall–Kier alpha value is -1.51. The molecule has 0 bridgehead atoms. The second kappa shape index (κ2) is 7.17. The maximum absolute atomic E-state index is 12.9. The highest BCUT2D eigenvalue weighted by Gasteiger charge is 2.36. The Labute approximate surface area is 132 Å². The highest BCUT2D eigenvalue weighted by Crippen LogP contribution is 2.39. The predicted molar refractivity (Wildman–Crippen MR) is 85.3 cm³/mol. The first-order valence-electron chi connectivity index (χ1n) is 8.23. The van der Waals surface area contributed by atoms with Crippen molar-refractivity contribution in [3.05, 3.63) is 35.6 Å². The number of hydrogen-bond acceptors (Lipinski definition) is 2. The third-order valence-corrected chi connectivity index (χ3v) is 5.09. The first-order valence-corrected chi connectivity index (χ1v) is 8.23. The monoisotopic (exact) mass is 304 g/mol. The van der Waals surface area contributed by atoms with Crippen molar-refractivity contribution in [2.45, 2.75) is 58.8 Å². The lowest BCUT2D eigenvalue weighted by Crippen LogP contribution is -2.34. The van der Waals surface area contributed by atoms with Gasteiger partial charge in [-0.25, -0.2) is 4.39 Å². The largest absolute Gasteiger partial charge is 0.299 e. The molecule has 120 valence electrons. The van der Waals surface area contributed by atoms with E-state index in [-0.39, 0.29) is 35.6 Å². The summed E-state index contributed by atoms with van der Waals surface area (Å²) >= 11 is 0. The topological polar surface area (TPSA) is 34.1 Å². The van der Waals surface area contributed by atoms with Crippen molar-refractivity contribution in [1.82, 2.24) is 0 Å². The van der Waals surface area contributed by atoms with E-state index in [2.05, 4.69) is 0 Å². The molecule has 1 saturated carbocycles. The second-order valence-corrected chi connectivity index (χ2v) is 6.91. The van der Waals surface area contributed by atoms with Crippen LogP contribution >= 0.6 is 0 Å². The van der Waals surface area contributed by atoms with Crippen LogP contribution in [0.3, 0.4) is 0 Å². The number of halogens is 1. The highest BCUT2D eigenvalue weighted by atomic mass is 19.1. The van der Waals surface area contributed by atoms with Crippen LogP contribution < -0.4 is 0 Å². The van der Waals surface area contributed by atoms with Gasteiger partial charge in [-0.15, -0.1) is 0 Å². The Kier molecular flexibility index (Phi) is 5.49. The summed E-state index contributed by atoms with van der Waals surface area (Å²) in [5.41, 5.74) is 0.133. The third-order valence-electron chi connectivity index (χ3n) is 5.09. The van der Waals surface area contributed by atoms with E-state index in [9.17, 15) is 14.0 Å². The fourth-order valence-corrected chi connectivity index (χ4v) is 3.38. The van der Waals surface area contributed by atoms with E-state index in [4.69, 9.17) is 0 Å². The van der Waals surface area contributed by atoms with Crippen molar-refractivity contribution in [2.24, 2.45) is 11.3 Å². The number of ketones is 2. The number of rotatable bonds is 6. The zero-order valence-corrected chi connectivity index (χ0v) is 13.5. The molecule has 1 aromatic carbocycles. The van der Waals surface area contributed by atoms with Crippen LogP contribution in [0.5, 0.6) is 0 Å². The van der Waals surface area contributed by atoms with Crippen molar-refractivity contribution in [1.29, 1.82) is 0 Å². The van der Waals surface area contributed by atoms with Crippen molar-refractivity contribution >= 4 is 11.6 Å². The van der Waals surface area contributed by atoms with E-state index < -0.39 is 0 Å². The van der Waals surface area contributed by atoms with Gasteiger partial charge in [-0.3, -0.25) is 9.59 Å². The fourth-order valence-electron chi connectivity index (χ4n) is 3.38. The number of benzene rings is 1. The molecule has 1 aliphatic carbocycles. The van der Waals surface area contributed by atoms with Gasteiger partial charge in [-0.1, -0.05) is 33.1 Å². The van der Waals surface area contributed by atoms with Crippen LogP contribution in [0, 0.1) is 17.2 Å². The summed E-state index contributed by atoms with van der Waals surface area (Å²) in [6, 6.07) is 5.52. The molecule has 0 heterocycles. The molecule has 2 nitrogen and oxygen atoms in total. The maximum atomic E-state index is 12.9. The SMILES string of the molecule is CC(C)(C(=O)CCC(=O)c1ccc(F)cc1)C1CCCCC1. The molecule has 0 spiro atoms. The van der Waals surface area contributed by atoms with E-state index in [1.54, 1.807) is 0 Å². The molecular formula is C19H25FO2. The summed E-state index contributed by atoms with van der Waals surface area (Å²) in [5.74, 6) is 0.170. The minimum absolute atomic E-state index is 0.0900. The summed E-state index contributed by atoms with van der Waals surface area (Å²) in [6.45, 7) is 4.04. The van der Waals surface area contributed by atoms with Gasteiger partial charge in [0.2, 0.25) is 0 Å². The minimum atomic E-state index is -0.356. The summed E-state index contributed by atoms with van der Waals surface area (Å²) in [4.78, 5) is 24.6. The van der Waals surface area contributed by atoms with E-state index >= 15 is 0 Å². The fraction of sp³-hybridized carbons (Fsp3) is 0.579. The Bertz CT molecular complexity index is 525. The lowest BCUT2D eigenvalue weighted by molar-refractivity contribution is -0.130. The lowest BCUT2D eigenvalue weighted by Gasteiger charge is -2.35. The number of carbonyl (C=O) groups is 2. The summed E-state index contributed by atoms with van der Waals surface area (Å²) < 4.78 is 12.9. The quantitative estimate of drug-likeness (QED) is 0.696. The van der Waals surface area contributed by atoms with Gasteiger partial charge in [-0.05, 0) is 43.0 Å². The van der Waals surface area contributed by atoms with E-state index in [1.807, 2.05) is 13.8 Å². The van der Waals surface area contributed by atoms with Gasteiger partial charge in [0.25, 0.3) is 0 Å². The molecule has 22 heavy (non-hydrogen) atoms. The van der Waals surface area contributed by atoms with Crippen molar-refractivity contribution in [3.63, 3.8) is 0 Å². The van der Waals surface area contributed by atoms with Crippen molar-refractivity contribution in [3.8, 4) is 0 Å². The van der Waals surface area contributed by atoms with Gasteiger partial charge in [0.15, 0.2) is 5.78 Å².